The van der Waals surface area contributed by atoms with Crippen molar-refractivity contribution < 1.29 is 0 Å². The van der Waals surface area contributed by atoms with Crippen LogP contribution in [0.3, 0.4) is 0 Å². The highest BCUT2D eigenvalue weighted by molar-refractivity contribution is 5.11. The van der Waals surface area contributed by atoms with Gasteiger partial charge in [-0.25, -0.2) is 0 Å². The quantitative estimate of drug-likeness (QED) is 0.859. The average molecular weight is 276 g/mol. The monoisotopic (exact) mass is 276 g/mol. The number of rotatable bonds is 6. The summed E-state index contributed by atoms with van der Waals surface area (Å²) in [6.07, 6.45) is 6.10. The Kier molecular flexibility index (Phi) is 5.52. The Morgan fingerprint density at radius 1 is 1.25 bits per heavy atom. The van der Waals surface area contributed by atoms with Crippen LogP contribution in [0.5, 0.6) is 0 Å². The smallest absolute Gasteiger partial charge is 0.0359 e. The molecule has 2 heterocycles. The van der Waals surface area contributed by atoms with E-state index in [9.17, 15) is 0 Å². The second kappa shape index (κ2) is 7.16. The van der Waals surface area contributed by atoms with E-state index in [0.29, 0.717) is 0 Å². The van der Waals surface area contributed by atoms with E-state index in [1.807, 2.05) is 12.4 Å². The molecule has 0 unspecified atom stereocenters. The number of likely N-dealkylation sites (tertiary alicyclic amines) is 1. The molecule has 4 nitrogen and oxygen atoms in total. The summed E-state index contributed by atoms with van der Waals surface area (Å²) in [4.78, 5) is 9.19. The van der Waals surface area contributed by atoms with Crippen molar-refractivity contribution in [1.82, 2.24) is 14.8 Å². The summed E-state index contributed by atoms with van der Waals surface area (Å²) in [5, 5.41) is 0. The molecule has 0 amide bonds. The van der Waals surface area contributed by atoms with Gasteiger partial charge in [-0.05, 0) is 56.7 Å². The third-order valence-electron chi connectivity index (χ3n) is 4.79. The zero-order chi connectivity index (χ0) is 14.4. The van der Waals surface area contributed by atoms with Crippen LogP contribution in [0.1, 0.15) is 32.3 Å². The highest BCUT2D eigenvalue weighted by atomic mass is 15.2. The first kappa shape index (κ1) is 15.4. The van der Waals surface area contributed by atoms with Crippen molar-refractivity contribution in [3.8, 4) is 0 Å². The molecule has 2 N–H and O–H groups in total. The maximum atomic E-state index is 6.18. The summed E-state index contributed by atoms with van der Waals surface area (Å²) in [6.45, 7) is 10.7. The molecule has 2 rings (SSSR count). The normalized spacial score (nSPS) is 19.4. The van der Waals surface area contributed by atoms with Crippen LogP contribution in [0.15, 0.2) is 24.5 Å². The fraction of sp³-hybridized carbons (Fsp3) is 0.688. The Labute approximate surface area is 123 Å². The molecule has 0 aromatic carbocycles. The summed E-state index contributed by atoms with van der Waals surface area (Å²) in [6, 6.07) is 4.21. The molecular weight excluding hydrogens is 248 g/mol. The predicted molar refractivity (Wildman–Crippen MR) is 83.5 cm³/mol. The van der Waals surface area contributed by atoms with E-state index in [4.69, 9.17) is 5.73 Å². The van der Waals surface area contributed by atoms with Crippen molar-refractivity contribution in [3.05, 3.63) is 30.1 Å². The number of nitrogens with zero attached hydrogens (tertiary/aromatic N) is 3. The van der Waals surface area contributed by atoms with Crippen LogP contribution < -0.4 is 5.73 Å². The van der Waals surface area contributed by atoms with Crippen LogP contribution in [-0.4, -0.2) is 53.0 Å². The first-order valence-electron chi connectivity index (χ1n) is 7.80. The maximum absolute atomic E-state index is 6.18. The zero-order valence-electron chi connectivity index (χ0n) is 12.9. The van der Waals surface area contributed by atoms with Crippen molar-refractivity contribution in [3.63, 3.8) is 0 Å². The lowest BCUT2D eigenvalue weighted by molar-refractivity contribution is 0.0259. The van der Waals surface area contributed by atoms with Crippen LogP contribution in [-0.2, 0) is 6.54 Å². The van der Waals surface area contributed by atoms with Gasteiger partial charge in [-0.1, -0.05) is 13.8 Å². The molecule has 1 aromatic rings. The third kappa shape index (κ3) is 3.37. The van der Waals surface area contributed by atoms with Crippen LogP contribution in [0.2, 0.25) is 0 Å². The van der Waals surface area contributed by atoms with Gasteiger partial charge in [0.1, 0.15) is 0 Å². The fourth-order valence-electron chi connectivity index (χ4n) is 3.26. The first-order valence-corrected chi connectivity index (χ1v) is 7.80. The standard InChI is InChI=1S/C16H28N4/c1-3-19-11-7-16(14-17,8-12-19)20(4-2)13-15-5-9-18-10-6-15/h5-6,9-10H,3-4,7-8,11-14,17H2,1-2H3. The van der Waals surface area contributed by atoms with E-state index >= 15 is 0 Å². The van der Waals surface area contributed by atoms with Crippen LogP contribution in [0.4, 0.5) is 0 Å². The molecule has 0 saturated carbocycles. The molecule has 4 heteroatoms. The van der Waals surface area contributed by atoms with Gasteiger partial charge in [0.25, 0.3) is 0 Å². The van der Waals surface area contributed by atoms with Crippen LogP contribution in [0, 0.1) is 0 Å². The largest absolute Gasteiger partial charge is 0.329 e. The Hall–Kier alpha value is -0.970. The van der Waals surface area contributed by atoms with Crippen LogP contribution in [0.25, 0.3) is 0 Å². The van der Waals surface area contributed by atoms with Gasteiger partial charge < -0.3 is 10.6 Å². The van der Waals surface area contributed by atoms with Gasteiger partial charge in [0.15, 0.2) is 0 Å². The lowest BCUT2D eigenvalue weighted by Gasteiger charge is -2.48. The minimum Gasteiger partial charge on any atom is -0.329 e. The van der Waals surface area contributed by atoms with E-state index in [1.54, 1.807) is 0 Å². The number of likely N-dealkylation sites (N-methyl/N-ethyl adjacent to an activating group) is 1. The Bertz CT molecular complexity index is 385. The van der Waals surface area contributed by atoms with Crippen molar-refractivity contribution in [2.24, 2.45) is 5.73 Å². The summed E-state index contributed by atoms with van der Waals surface area (Å²) in [5.74, 6) is 0. The van der Waals surface area contributed by atoms with Gasteiger partial charge >= 0.3 is 0 Å². The first-order chi connectivity index (χ1) is 9.74. The molecule has 1 aliphatic rings. The summed E-state index contributed by atoms with van der Waals surface area (Å²) < 4.78 is 0. The molecule has 1 aliphatic heterocycles. The van der Waals surface area contributed by atoms with E-state index < -0.39 is 0 Å². The van der Waals surface area contributed by atoms with Crippen molar-refractivity contribution in [2.45, 2.75) is 38.8 Å². The summed E-state index contributed by atoms with van der Waals surface area (Å²) in [5.41, 5.74) is 7.68. The molecular formula is C16H28N4. The lowest BCUT2D eigenvalue weighted by Crippen LogP contribution is -2.59. The maximum Gasteiger partial charge on any atom is 0.0359 e. The second-order valence-corrected chi connectivity index (χ2v) is 5.73. The Morgan fingerprint density at radius 3 is 2.40 bits per heavy atom. The van der Waals surface area contributed by atoms with Gasteiger partial charge in [0, 0.05) is 31.0 Å². The van der Waals surface area contributed by atoms with Crippen LogP contribution >= 0.6 is 0 Å². The number of hydrogen-bond donors (Lipinski definition) is 1. The lowest BCUT2D eigenvalue weighted by atomic mass is 9.85. The van der Waals surface area contributed by atoms with Gasteiger partial charge in [-0.15, -0.1) is 0 Å². The molecule has 0 spiro atoms. The number of pyridine rings is 1. The number of hydrogen-bond acceptors (Lipinski definition) is 4. The van der Waals surface area contributed by atoms with E-state index in [-0.39, 0.29) is 5.54 Å². The summed E-state index contributed by atoms with van der Waals surface area (Å²) >= 11 is 0. The Morgan fingerprint density at radius 2 is 1.90 bits per heavy atom. The SMILES string of the molecule is CCN1CCC(CN)(N(CC)Cc2ccncc2)CC1. The molecule has 1 saturated heterocycles. The third-order valence-corrected chi connectivity index (χ3v) is 4.79. The molecule has 20 heavy (non-hydrogen) atoms. The molecule has 0 aliphatic carbocycles. The topological polar surface area (TPSA) is 45.4 Å². The van der Waals surface area contributed by atoms with Crippen molar-refractivity contribution in [2.75, 3.05) is 32.7 Å². The second-order valence-electron chi connectivity index (χ2n) is 5.73. The van der Waals surface area contributed by atoms with Gasteiger partial charge in [0.2, 0.25) is 0 Å². The molecule has 1 fully saturated rings. The zero-order valence-corrected chi connectivity index (χ0v) is 12.9. The Balaban J connectivity index is 2.08. The number of piperidine rings is 1. The molecule has 0 atom stereocenters. The van der Waals surface area contributed by atoms with E-state index in [1.165, 1.54) is 31.5 Å². The highest BCUT2D eigenvalue weighted by Gasteiger charge is 2.37. The number of aromatic nitrogens is 1. The fourth-order valence-corrected chi connectivity index (χ4v) is 3.26. The molecule has 0 radical (unpaired) electrons. The van der Waals surface area contributed by atoms with E-state index in [0.717, 1.165) is 26.2 Å². The van der Waals surface area contributed by atoms with Crippen molar-refractivity contribution >= 4 is 0 Å². The average Bonchev–Trinajstić information content (AvgIpc) is 2.53. The molecule has 0 bridgehead atoms. The van der Waals surface area contributed by atoms with Gasteiger partial charge in [-0.3, -0.25) is 9.88 Å². The highest BCUT2D eigenvalue weighted by Crippen LogP contribution is 2.29. The van der Waals surface area contributed by atoms with E-state index in [2.05, 4.69) is 40.8 Å². The minimum atomic E-state index is 0.170. The minimum absolute atomic E-state index is 0.170. The summed E-state index contributed by atoms with van der Waals surface area (Å²) in [7, 11) is 0. The predicted octanol–water partition coefficient (Wildman–Crippen LogP) is 1.72. The van der Waals surface area contributed by atoms with Gasteiger partial charge in [-0.2, -0.15) is 0 Å². The molecule has 1 aromatic heterocycles. The van der Waals surface area contributed by atoms with Crippen molar-refractivity contribution in [1.29, 1.82) is 0 Å². The number of nitrogens with two attached hydrogens (primary N) is 1. The van der Waals surface area contributed by atoms with Gasteiger partial charge in [0.05, 0.1) is 0 Å². The molecule has 112 valence electrons.